The SMILES string of the molecule is C=CCn1c(CNc2ccccc2)nnc1SCC(=O)NN=Cc1cc(Br)cc(OC)c1O. The van der Waals surface area contributed by atoms with Crippen LogP contribution in [0.1, 0.15) is 11.4 Å². The van der Waals surface area contributed by atoms with Crippen molar-refractivity contribution >= 4 is 45.5 Å². The van der Waals surface area contributed by atoms with Gasteiger partial charge in [-0.15, -0.1) is 16.8 Å². The first kappa shape index (κ1) is 24.3. The van der Waals surface area contributed by atoms with Crippen LogP contribution in [0.15, 0.2) is 69.9 Å². The average molecular weight is 531 g/mol. The minimum Gasteiger partial charge on any atom is -0.504 e. The molecule has 172 valence electrons. The Labute approximate surface area is 204 Å². The number of allylic oxidation sites excluding steroid dienone is 1. The molecule has 0 aliphatic rings. The molecular weight excluding hydrogens is 508 g/mol. The molecule has 0 spiro atoms. The zero-order valence-corrected chi connectivity index (χ0v) is 20.3. The molecule has 3 aromatic rings. The highest BCUT2D eigenvalue weighted by molar-refractivity contribution is 9.10. The molecular formula is C22H23BrN6O3S. The van der Waals surface area contributed by atoms with E-state index in [0.29, 0.717) is 34.0 Å². The van der Waals surface area contributed by atoms with Crippen LogP contribution in [-0.2, 0) is 17.9 Å². The Bertz CT molecular complexity index is 1140. The molecule has 3 N–H and O–H groups in total. The molecule has 2 aromatic carbocycles. The van der Waals surface area contributed by atoms with Gasteiger partial charge in [0, 0.05) is 22.3 Å². The summed E-state index contributed by atoms with van der Waals surface area (Å²) in [6.07, 6.45) is 3.10. The van der Waals surface area contributed by atoms with Gasteiger partial charge in [-0.05, 0) is 24.3 Å². The first-order chi connectivity index (χ1) is 16.0. The van der Waals surface area contributed by atoms with E-state index in [9.17, 15) is 9.90 Å². The summed E-state index contributed by atoms with van der Waals surface area (Å²) >= 11 is 4.58. The van der Waals surface area contributed by atoms with E-state index in [2.05, 4.69) is 48.6 Å². The third kappa shape index (κ3) is 6.83. The Balaban J connectivity index is 1.57. The molecule has 0 fully saturated rings. The Morgan fingerprint density at radius 1 is 1.33 bits per heavy atom. The third-order valence-corrected chi connectivity index (χ3v) is 5.77. The number of benzene rings is 2. The lowest BCUT2D eigenvalue weighted by atomic mass is 10.2. The minimum absolute atomic E-state index is 0.0674. The highest BCUT2D eigenvalue weighted by Crippen LogP contribution is 2.32. The number of phenols is 1. The van der Waals surface area contributed by atoms with E-state index >= 15 is 0 Å². The Hall–Kier alpha value is -3.31. The van der Waals surface area contributed by atoms with E-state index < -0.39 is 0 Å². The molecule has 1 amide bonds. The molecule has 1 heterocycles. The summed E-state index contributed by atoms with van der Waals surface area (Å²) in [7, 11) is 1.45. The van der Waals surface area contributed by atoms with Crippen LogP contribution >= 0.6 is 27.7 Å². The van der Waals surface area contributed by atoms with Crippen molar-refractivity contribution < 1.29 is 14.6 Å². The molecule has 0 bridgehead atoms. The Morgan fingerprint density at radius 3 is 2.85 bits per heavy atom. The zero-order valence-electron chi connectivity index (χ0n) is 17.9. The van der Waals surface area contributed by atoms with Crippen LogP contribution in [0.25, 0.3) is 0 Å². The second-order valence-corrected chi connectivity index (χ2v) is 8.50. The van der Waals surface area contributed by atoms with E-state index in [1.165, 1.54) is 25.1 Å². The summed E-state index contributed by atoms with van der Waals surface area (Å²) in [4.78, 5) is 12.2. The van der Waals surface area contributed by atoms with Gasteiger partial charge in [-0.2, -0.15) is 5.10 Å². The van der Waals surface area contributed by atoms with Gasteiger partial charge in [0.1, 0.15) is 0 Å². The number of thioether (sulfide) groups is 1. The van der Waals surface area contributed by atoms with Gasteiger partial charge >= 0.3 is 0 Å². The maximum Gasteiger partial charge on any atom is 0.250 e. The van der Waals surface area contributed by atoms with E-state index in [4.69, 9.17) is 4.74 Å². The highest BCUT2D eigenvalue weighted by atomic mass is 79.9. The molecule has 0 unspecified atom stereocenters. The lowest BCUT2D eigenvalue weighted by molar-refractivity contribution is -0.118. The summed E-state index contributed by atoms with van der Waals surface area (Å²) in [6.45, 7) is 4.80. The van der Waals surface area contributed by atoms with Crippen LogP contribution in [0.3, 0.4) is 0 Å². The predicted octanol–water partition coefficient (Wildman–Crippen LogP) is 3.80. The van der Waals surface area contributed by atoms with Gasteiger partial charge in [-0.1, -0.05) is 52.0 Å². The summed E-state index contributed by atoms with van der Waals surface area (Å²) in [5, 5.41) is 26.4. The van der Waals surface area contributed by atoms with Crippen molar-refractivity contribution in [2.45, 2.75) is 18.2 Å². The number of hydrogen-bond acceptors (Lipinski definition) is 8. The third-order valence-electron chi connectivity index (χ3n) is 4.34. The number of nitrogens with one attached hydrogen (secondary N) is 2. The fraction of sp³-hybridized carbons (Fsp3) is 0.182. The van der Waals surface area contributed by atoms with Crippen LogP contribution in [0.2, 0.25) is 0 Å². The van der Waals surface area contributed by atoms with Gasteiger partial charge in [0.15, 0.2) is 22.5 Å². The molecule has 11 heteroatoms. The number of hydrogen-bond donors (Lipinski definition) is 3. The van der Waals surface area contributed by atoms with Crippen molar-refractivity contribution in [3.05, 3.63) is 71.0 Å². The van der Waals surface area contributed by atoms with Gasteiger partial charge in [0.25, 0.3) is 5.91 Å². The molecule has 1 aromatic heterocycles. The fourth-order valence-electron chi connectivity index (χ4n) is 2.79. The van der Waals surface area contributed by atoms with Gasteiger partial charge < -0.3 is 19.7 Å². The number of aromatic hydroxyl groups is 1. The van der Waals surface area contributed by atoms with E-state index in [0.717, 1.165) is 11.5 Å². The maximum atomic E-state index is 12.2. The van der Waals surface area contributed by atoms with E-state index in [-0.39, 0.29) is 17.4 Å². The molecule has 0 saturated heterocycles. The van der Waals surface area contributed by atoms with Crippen LogP contribution in [0.5, 0.6) is 11.5 Å². The number of anilines is 1. The fourth-order valence-corrected chi connectivity index (χ4v) is 4.00. The number of rotatable bonds is 11. The number of ether oxygens (including phenoxy) is 1. The largest absolute Gasteiger partial charge is 0.504 e. The van der Waals surface area contributed by atoms with Crippen molar-refractivity contribution in [1.29, 1.82) is 0 Å². The quantitative estimate of drug-likeness (QED) is 0.149. The van der Waals surface area contributed by atoms with Crippen molar-refractivity contribution in [3.63, 3.8) is 0 Å². The number of carbonyl (C=O) groups excluding carboxylic acids is 1. The van der Waals surface area contributed by atoms with Crippen molar-refractivity contribution in [1.82, 2.24) is 20.2 Å². The van der Waals surface area contributed by atoms with E-state index in [1.807, 2.05) is 34.9 Å². The minimum atomic E-state index is -0.324. The predicted molar refractivity (Wildman–Crippen MR) is 133 cm³/mol. The number of amides is 1. The van der Waals surface area contributed by atoms with Crippen molar-refractivity contribution in [3.8, 4) is 11.5 Å². The molecule has 0 saturated carbocycles. The van der Waals surface area contributed by atoms with Crippen LogP contribution in [0.4, 0.5) is 5.69 Å². The van der Waals surface area contributed by atoms with Crippen LogP contribution in [-0.4, -0.2) is 44.9 Å². The van der Waals surface area contributed by atoms with Crippen molar-refractivity contribution in [2.75, 3.05) is 18.2 Å². The maximum absolute atomic E-state index is 12.2. The molecule has 9 nitrogen and oxygen atoms in total. The first-order valence-electron chi connectivity index (χ1n) is 9.85. The lowest BCUT2D eigenvalue weighted by Gasteiger charge is -2.09. The lowest BCUT2D eigenvalue weighted by Crippen LogP contribution is -2.20. The molecule has 3 rings (SSSR count). The second kappa shape index (κ2) is 12.1. The molecule has 0 aliphatic heterocycles. The number of para-hydroxylation sites is 1. The molecule has 0 atom stereocenters. The summed E-state index contributed by atoms with van der Waals surface area (Å²) in [6, 6.07) is 13.1. The summed E-state index contributed by atoms with van der Waals surface area (Å²) in [5.41, 5.74) is 3.82. The smallest absolute Gasteiger partial charge is 0.250 e. The number of carbonyl (C=O) groups is 1. The standard InChI is InChI=1S/C22H23BrN6O3S/c1-3-9-29-19(13-24-17-7-5-4-6-8-17)26-28-22(29)33-14-20(30)27-25-12-15-10-16(23)11-18(32-2)21(15)31/h3-8,10-12,24,31H,1,9,13-14H2,2H3,(H,27,30). The van der Waals surface area contributed by atoms with Gasteiger partial charge in [-0.3, -0.25) is 4.79 Å². The van der Waals surface area contributed by atoms with Gasteiger partial charge in [0.05, 0.1) is 25.6 Å². The van der Waals surface area contributed by atoms with Gasteiger partial charge in [-0.25, -0.2) is 5.43 Å². The molecule has 0 aliphatic carbocycles. The summed E-state index contributed by atoms with van der Waals surface area (Å²) in [5.74, 6) is 0.731. The number of phenolic OH excluding ortho intramolecular Hbond substituents is 1. The van der Waals surface area contributed by atoms with Gasteiger partial charge in [0.2, 0.25) is 0 Å². The Kier molecular flexibility index (Phi) is 8.90. The normalized spacial score (nSPS) is 10.8. The second-order valence-electron chi connectivity index (χ2n) is 6.65. The topological polar surface area (TPSA) is 114 Å². The number of nitrogens with zero attached hydrogens (tertiary/aromatic N) is 4. The van der Waals surface area contributed by atoms with E-state index in [1.54, 1.807) is 18.2 Å². The van der Waals surface area contributed by atoms with Crippen molar-refractivity contribution in [2.24, 2.45) is 5.10 Å². The number of methoxy groups -OCH3 is 1. The van der Waals surface area contributed by atoms with Crippen LogP contribution in [0, 0.1) is 0 Å². The highest BCUT2D eigenvalue weighted by Gasteiger charge is 2.13. The number of hydrazone groups is 1. The zero-order chi connectivity index (χ0) is 23.6. The van der Waals surface area contributed by atoms with Crippen LogP contribution < -0.4 is 15.5 Å². The number of halogens is 1. The molecule has 0 radical (unpaired) electrons. The monoisotopic (exact) mass is 530 g/mol. The average Bonchev–Trinajstić information content (AvgIpc) is 3.20. The number of aromatic nitrogens is 3. The Morgan fingerprint density at radius 2 is 2.12 bits per heavy atom. The first-order valence-corrected chi connectivity index (χ1v) is 11.6. The summed E-state index contributed by atoms with van der Waals surface area (Å²) < 4.78 is 7.70. The molecule has 33 heavy (non-hydrogen) atoms.